The molecule has 0 saturated heterocycles. The molecule has 7 nitrogen and oxygen atoms in total. The summed E-state index contributed by atoms with van der Waals surface area (Å²) in [6.45, 7) is 4.48. The van der Waals surface area contributed by atoms with Crippen LogP contribution >= 0.6 is 34.2 Å². The average Bonchev–Trinajstić information content (AvgIpc) is 2.69. The summed E-state index contributed by atoms with van der Waals surface area (Å²) in [6, 6.07) is 8.76. The largest absolute Gasteiger partial charge is 0.493 e. The highest BCUT2D eigenvalue weighted by atomic mass is 127. The van der Waals surface area contributed by atoms with Crippen LogP contribution in [0.25, 0.3) is 0 Å². The fourth-order valence-electron chi connectivity index (χ4n) is 2.40. The molecule has 0 aliphatic rings. The number of amides is 2. The van der Waals surface area contributed by atoms with Crippen molar-refractivity contribution < 1.29 is 19.1 Å². The third kappa shape index (κ3) is 7.17. The minimum atomic E-state index is -0.536. The Kier molecular flexibility index (Phi) is 9.38. The number of hydrazone groups is 1. The molecule has 0 unspecified atom stereocenters. The fourth-order valence-corrected chi connectivity index (χ4v) is 3.36. The molecule has 160 valence electrons. The van der Waals surface area contributed by atoms with E-state index in [0.717, 1.165) is 21.1 Å². The van der Waals surface area contributed by atoms with E-state index in [-0.39, 0.29) is 6.42 Å². The highest BCUT2D eigenvalue weighted by molar-refractivity contribution is 14.1. The van der Waals surface area contributed by atoms with Crippen LogP contribution in [0.4, 0.5) is 5.69 Å². The van der Waals surface area contributed by atoms with E-state index in [0.29, 0.717) is 28.8 Å². The van der Waals surface area contributed by atoms with Crippen LogP contribution in [0.1, 0.15) is 30.9 Å². The van der Waals surface area contributed by atoms with E-state index in [2.05, 4.69) is 38.4 Å². The minimum Gasteiger partial charge on any atom is -0.493 e. The Morgan fingerprint density at radius 1 is 1.23 bits per heavy atom. The number of methoxy groups -OCH3 is 1. The Hall–Kier alpha value is -2.33. The number of nitrogens with one attached hydrogen (secondary N) is 2. The van der Waals surface area contributed by atoms with Crippen molar-refractivity contribution in [2.24, 2.45) is 5.10 Å². The van der Waals surface area contributed by atoms with Crippen molar-refractivity contribution >= 4 is 57.9 Å². The molecule has 0 radical (unpaired) electrons. The lowest BCUT2D eigenvalue weighted by Gasteiger charge is -2.12. The first-order valence-corrected chi connectivity index (χ1v) is 10.7. The molecule has 0 aliphatic carbocycles. The number of hydrogen-bond acceptors (Lipinski definition) is 5. The molecule has 0 aliphatic heterocycles. The molecule has 30 heavy (non-hydrogen) atoms. The predicted octanol–water partition coefficient (Wildman–Crippen LogP) is 4.53. The van der Waals surface area contributed by atoms with E-state index >= 15 is 0 Å². The van der Waals surface area contributed by atoms with Gasteiger partial charge in [-0.25, -0.2) is 5.43 Å². The molecule has 0 spiro atoms. The lowest BCUT2D eigenvalue weighted by molar-refractivity contribution is -0.126. The predicted molar refractivity (Wildman–Crippen MR) is 127 cm³/mol. The van der Waals surface area contributed by atoms with E-state index < -0.39 is 11.8 Å². The van der Waals surface area contributed by atoms with Crippen LogP contribution in [0.2, 0.25) is 5.02 Å². The van der Waals surface area contributed by atoms with E-state index in [1.165, 1.54) is 6.21 Å². The van der Waals surface area contributed by atoms with Crippen molar-refractivity contribution in [1.82, 2.24) is 5.43 Å². The molecule has 2 aromatic rings. The normalized spacial score (nSPS) is 10.7. The second-order valence-corrected chi connectivity index (χ2v) is 7.93. The molecule has 0 heterocycles. The van der Waals surface area contributed by atoms with Crippen molar-refractivity contribution in [3.05, 3.63) is 50.1 Å². The summed E-state index contributed by atoms with van der Waals surface area (Å²) in [5, 5.41) is 7.08. The van der Waals surface area contributed by atoms with Crippen LogP contribution in [-0.2, 0) is 9.59 Å². The molecule has 2 rings (SSSR count). The number of rotatable bonds is 9. The van der Waals surface area contributed by atoms with Gasteiger partial charge >= 0.3 is 0 Å². The van der Waals surface area contributed by atoms with E-state index in [9.17, 15) is 9.59 Å². The zero-order valence-electron chi connectivity index (χ0n) is 16.9. The number of halogens is 2. The first-order chi connectivity index (χ1) is 14.3. The third-order valence-corrected chi connectivity index (χ3v) is 5.09. The van der Waals surface area contributed by atoms with E-state index in [1.54, 1.807) is 31.4 Å². The van der Waals surface area contributed by atoms with Gasteiger partial charge in [-0.1, -0.05) is 24.6 Å². The van der Waals surface area contributed by atoms with Crippen molar-refractivity contribution in [3.63, 3.8) is 0 Å². The Morgan fingerprint density at radius 2 is 2.00 bits per heavy atom. The number of carbonyl (C=O) groups is 2. The van der Waals surface area contributed by atoms with Crippen molar-refractivity contribution in [2.75, 3.05) is 19.0 Å². The molecule has 0 atom stereocenters. The maximum Gasteiger partial charge on any atom is 0.249 e. The molecule has 0 aromatic heterocycles. The van der Waals surface area contributed by atoms with Crippen LogP contribution in [-0.4, -0.2) is 31.7 Å². The Bertz CT molecular complexity index is 950. The Labute approximate surface area is 194 Å². The smallest absolute Gasteiger partial charge is 0.249 e. The summed E-state index contributed by atoms with van der Waals surface area (Å²) >= 11 is 8.18. The first-order valence-electron chi connectivity index (χ1n) is 9.22. The SMILES string of the molecule is CCCOc1c(I)cc(C=NNC(=O)CC(=O)Nc2ccc(C)c(Cl)c2)cc1OC. The maximum atomic E-state index is 12.0. The van der Waals surface area contributed by atoms with Crippen LogP contribution in [0.3, 0.4) is 0 Å². The molecular formula is C21H23ClIN3O4. The van der Waals surface area contributed by atoms with E-state index in [1.807, 2.05) is 19.9 Å². The van der Waals surface area contributed by atoms with Crippen LogP contribution in [0.15, 0.2) is 35.4 Å². The van der Waals surface area contributed by atoms with Gasteiger partial charge in [0.05, 0.1) is 23.5 Å². The molecule has 2 aromatic carbocycles. The minimum absolute atomic E-state index is 0.368. The lowest BCUT2D eigenvalue weighted by atomic mass is 10.2. The third-order valence-electron chi connectivity index (χ3n) is 3.88. The van der Waals surface area contributed by atoms with Gasteiger partial charge in [-0.15, -0.1) is 0 Å². The molecule has 2 amide bonds. The second-order valence-electron chi connectivity index (χ2n) is 6.36. The summed E-state index contributed by atoms with van der Waals surface area (Å²) in [6.07, 6.45) is 2.00. The van der Waals surface area contributed by atoms with E-state index in [4.69, 9.17) is 21.1 Å². The lowest BCUT2D eigenvalue weighted by Crippen LogP contribution is -2.24. The fraction of sp³-hybridized carbons (Fsp3) is 0.286. The Morgan fingerprint density at radius 3 is 2.67 bits per heavy atom. The van der Waals surface area contributed by atoms with Gasteiger partial charge in [0.25, 0.3) is 0 Å². The molecule has 0 fully saturated rings. The Balaban J connectivity index is 1.92. The number of aryl methyl sites for hydroxylation is 1. The van der Waals surface area contributed by atoms with Crippen molar-refractivity contribution in [1.29, 1.82) is 0 Å². The summed E-state index contributed by atoms with van der Waals surface area (Å²) in [7, 11) is 1.56. The molecule has 9 heteroatoms. The number of anilines is 1. The van der Waals surface area contributed by atoms with Gasteiger partial charge in [0, 0.05) is 10.7 Å². The van der Waals surface area contributed by atoms with Crippen LogP contribution in [0.5, 0.6) is 11.5 Å². The zero-order chi connectivity index (χ0) is 22.1. The average molecular weight is 544 g/mol. The summed E-state index contributed by atoms with van der Waals surface area (Å²) in [5.41, 5.74) is 4.49. The standard InChI is InChI=1S/C21H23ClIN3O4/c1-4-7-30-21-17(23)8-14(9-18(21)29-3)12-24-26-20(28)11-19(27)25-15-6-5-13(2)16(22)10-15/h5-6,8-10,12H,4,7,11H2,1-3H3,(H,25,27)(H,26,28). The number of hydrogen-bond donors (Lipinski definition) is 2. The monoisotopic (exact) mass is 543 g/mol. The number of benzene rings is 2. The highest BCUT2D eigenvalue weighted by Gasteiger charge is 2.12. The van der Waals surface area contributed by atoms with Crippen LogP contribution in [0, 0.1) is 10.5 Å². The number of carbonyl (C=O) groups excluding carboxylic acids is 2. The van der Waals surface area contributed by atoms with Gasteiger partial charge in [0.2, 0.25) is 11.8 Å². The summed E-state index contributed by atoms with van der Waals surface area (Å²) in [4.78, 5) is 24.0. The number of ether oxygens (including phenoxy) is 2. The molecule has 2 N–H and O–H groups in total. The van der Waals surface area contributed by atoms with Crippen molar-refractivity contribution in [3.8, 4) is 11.5 Å². The second kappa shape index (κ2) is 11.8. The zero-order valence-corrected chi connectivity index (χ0v) is 19.8. The molecule has 0 saturated carbocycles. The summed E-state index contributed by atoms with van der Waals surface area (Å²) in [5.74, 6) is 0.260. The van der Waals surface area contributed by atoms with Gasteiger partial charge in [0.15, 0.2) is 11.5 Å². The molecule has 0 bridgehead atoms. The van der Waals surface area contributed by atoms with Gasteiger partial charge in [0.1, 0.15) is 6.42 Å². The number of nitrogens with zero attached hydrogens (tertiary/aromatic N) is 1. The topological polar surface area (TPSA) is 89.0 Å². The summed E-state index contributed by atoms with van der Waals surface area (Å²) < 4.78 is 12.0. The van der Waals surface area contributed by atoms with Crippen LogP contribution < -0.4 is 20.2 Å². The van der Waals surface area contributed by atoms with Gasteiger partial charge in [-0.05, 0) is 71.3 Å². The maximum absolute atomic E-state index is 12.0. The van der Waals surface area contributed by atoms with Gasteiger partial charge in [-0.2, -0.15) is 5.10 Å². The molecular weight excluding hydrogens is 521 g/mol. The first kappa shape index (κ1) is 23.9. The van der Waals surface area contributed by atoms with Gasteiger partial charge in [-0.3, -0.25) is 9.59 Å². The quantitative estimate of drug-likeness (QED) is 0.211. The van der Waals surface area contributed by atoms with Crippen molar-refractivity contribution in [2.45, 2.75) is 26.7 Å². The highest BCUT2D eigenvalue weighted by Crippen LogP contribution is 2.33. The van der Waals surface area contributed by atoms with Gasteiger partial charge < -0.3 is 14.8 Å².